The summed E-state index contributed by atoms with van der Waals surface area (Å²) < 4.78 is 0. The number of anilines is 1. The van der Waals surface area contributed by atoms with E-state index in [1.807, 2.05) is 0 Å². The highest BCUT2D eigenvalue weighted by molar-refractivity contribution is 6.00. The number of amides is 1. The molecule has 0 saturated heterocycles. The van der Waals surface area contributed by atoms with E-state index in [2.05, 4.69) is 10.6 Å². The van der Waals surface area contributed by atoms with Gasteiger partial charge in [0.05, 0.1) is 10.5 Å². The maximum absolute atomic E-state index is 12.1. The minimum atomic E-state index is -0.584. The number of nitrogen functional groups attached to an aromatic ring is 1. The van der Waals surface area contributed by atoms with Crippen molar-refractivity contribution in [1.29, 1.82) is 0 Å². The molecule has 1 saturated carbocycles. The zero-order chi connectivity index (χ0) is 16.7. The van der Waals surface area contributed by atoms with Crippen molar-refractivity contribution in [2.45, 2.75) is 44.6 Å². The average Bonchev–Trinajstić information content (AvgIpc) is 2.80. The smallest absolute Gasteiger partial charge is 0.292 e. The van der Waals surface area contributed by atoms with Gasteiger partial charge in [-0.2, -0.15) is 0 Å². The van der Waals surface area contributed by atoms with Crippen LogP contribution >= 0.6 is 12.4 Å². The molecule has 1 aromatic rings. The molecule has 1 fully saturated rings. The van der Waals surface area contributed by atoms with Crippen molar-refractivity contribution in [2.24, 2.45) is 0 Å². The second-order valence-corrected chi connectivity index (χ2v) is 5.89. The summed E-state index contributed by atoms with van der Waals surface area (Å²) in [6.07, 6.45) is 7.50. The Hall–Kier alpha value is -1.86. The fraction of sp³-hybridized carbons (Fsp3) is 0.562. The minimum Gasteiger partial charge on any atom is -0.393 e. The van der Waals surface area contributed by atoms with Crippen molar-refractivity contribution in [3.05, 3.63) is 33.9 Å². The van der Waals surface area contributed by atoms with Gasteiger partial charge in [-0.1, -0.05) is 31.7 Å². The molecule has 0 bridgehead atoms. The van der Waals surface area contributed by atoms with Crippen LogP contribution in [0.2, 0.25) is 0 Å². The van der Waals surface area contributed by atoms with E-state index in [9.17, 15) is 14.9 Å². The normalized spacial score (nSPS) is 15.2. The van der Waals surface area contributed by atoms with E-state index >= 15 is 0 Å². The number of hydrogen-bond acceptors (Lipinski definition) is 5. The van der Waals surface area contributed by atoms with Crippen molar-refractivity contribution in [2.75, 3.05) is 18.8 Å². The van der Waals surface area contributed by atoms with Crippen LogP contribution in [0.5, 0.6) is 0 Å². The predicted octanol–water partition coefficient (Wildman–Crippen LogP) is 2.64. The van der Waals surface area contributed by atoms with Gasteiger partial charge in [-0.25, -0.2) is 0 Å². The van der Waals surface area contributed by atoms with Crippen LogP contribution in [0.25, 0.3) is 0 Å². The summed E-state index contributed by atoms with van der Waals surface area (Å²) in [6.45, 7) is 1.16. The lowest BCUT2D eigenvalue weighted by Crippen LogP contribution is -2.37. The molecule has 1 aromatic carbocycles. The maximum Gasteiger partial charge on any atom is 0.292 e. The fourth-order valence-electron chi connectivity index (χ4n) is 2.94. The number of rotatable bonds is 6. The second kappa shape index (κ2) is 10.1. The van der Waals surface area contributed by atoms with Gasteiger partial charge in [0.25, 0.3) is 11.6 Å². The number of para-hydroxylation sites is 1. The van der Waals surface area contributed by atoms with Crippen LogP contribution in [0.15, 0.2) is 18.2 Å². The van der Waals surface area contributed by atoms with E-state index in [1.165, 1.54) is 56.7 Å². The highest BCUT2D eigenvalue weighted by atomic mass is 35.5. The maximum atomic E-state index is 12.1. The lowest BCUT2D eigenvalue weighted by atomic mass is 10.1. The third-order valence-electron chi connectivity index (χ3n) is 4.22. The summed E-state index contributed by atoms with van der Waals surface area (Å²) >= 11 is 0. The Morgan fingerprint density at radius 3 is 2.50 bits per heavy atom. The van der Waals surface area contributed by atoms with Gasteiger partial charge < -0.3 is 16.4 Å². The molecule has 0 aromatic heterocycles. The molecule has 2 rings (SSSR count). The first-order valence-electron chi connectivity index (χ1n) is 8.14. The summed E-state index contributed by atoms with van der Waals surface area (Å²) in [6, 6.07) is 4.78. The van der Waals surface area contributed by atoms with Crippen molar-refractivity contribution < 1.29 is 9.72 Å². The predicted molar refractivity (Wildman–Crippen MR) is 96.6 cm³/mol. The zero-order valence-corrected chi connectivity index (χ0v) is 14.4. The molecule has 0 heterocycles. The third-order valence-corrected chi connectivity index (χ3v) is 4.22. The number of nitro groups is 1. The number of benzene rings is 1. The lowest BCUT2D eigenvalue weighted by molar-refractivity contribution is -0.383. The van der Waals surface area contributed by atoms with E-state index < -0.39 is 4.92 Å². The van der Waals surface area contributed by atoms with Crippen LogP contribution in [-0.4, -0.2) is 30.0 Å². The first-order valence-corrected chi connectivity index (χ1v) is 8.14. The van der Waals surface area contributed by atoms with Gasteiger partial charge >= 0.3 is 0 Å². The number of nitro benzene ring substituents is 1. The van der Waals surface area contributed by atoms with Gasteiger partial charge in [0, 0.05) is 25.2 Å². The number of carbonyl (C=O) groups excluding carboxylic acids is 1. The van der Waals surface area contributed by atoms with Crippen LogP contribution in [0.1, 0.15) is 48.9 Å². The van der Waals surface area contributed by atoms with Gasteiger partial charge in [0.1, 0.15) is 5.69 Å². The Morgan fingerprint density at radius 2 is 1.88 bits per heavy atom. The van der Waals surface area contributed by atoms with Crippen LogP contribution in [0.3, 0.4) is 0 Å². The molecular weight excluding hydrogens is 332 g/mol. The molecule has 7 nitrogen and oxygen atoms in total. The summed E-state index contributed by atoms with van der Waals surface area (Å²) in [7, 11) is 0. The van der Waals surface area contributed by atoms with E-state index in [-0.39, 0.29) is 35.3 Å². The molecular formula is C16H25ClN4O3. The highest BCUT2D eigenvalue weighted by Crippen LogP contribution is 2.24. The van der Waals surface area contributed by atoms with Crippen LogP contribution in [0.4, 0.5) is 11.4 Å². The first-order chi connectivity index (χ1) is 11.1. The molecule has 0 unspecified atom stereocenters. The van der Waals surface area contributed by atoms with Crippen molar-refractivity contribution in [3.8, 4) is 0 Å². The SMILES string of the molecule is Cl.Nc1c(C(=O)NCCNC2CCCCCC2)cccc1[N+](=O)[O-]. The molecule has 134 valence electrons. The Morgan fingerprint density at radius 1 is 1.21 bits per heavy atom. The van der Waals surface area contributed by atoms with E-state index in [0.717, 1.165) is 0 Å². The van der Waals surface area contributed by atoms with Gasteiger partial charge in [-0.05, 0) is 18.9 Å². The molecule has 8 heteroatoms. The standard InChI is InChI=1S/C16H24N4O3.ClH/c17-15-13(8-5-9-14(15)20(22)23)16(21)19-11-10-18-12-6-3-1-2-4-7-12;/h5,8-9,12,18H,1-4,6-7,10-11,17H2,(H,19,21);1H. The number of nitrogens with two attached hydrogens (primary N) is 1. The Labute approximate surface area is 147 Å². The Kier molecular flexibility index (Phi) is 8.49. The van der Waals surface area contributed by atoms with Crippen molar-refractivity contribution in [1.82, 2.24) is 10.6 Å². The van der Waals surface area contributed by atoms with E-state index in [1.54, 1.807) is 0 Å². The molecule has 0 aliphatic heterocycles. The minimum absolute atomic E-state index is 0. The quantitative estimate of drug-likeness (QED) is 0.238. The largest absolute Gasteiger partial charge is 0.393 e. The Balaban J connectivity index is 0.00000288. The second-order valence-electron chi connectivity index (χ2n) is 5.89. The number of nitrogens with one attached hydrogen (secondary N) is 2. The summed E-state index contributed by atoms with van der Waals surface area (Å²) in [4.78, 5) is 22.4. The van der Waals surface area contributed by atoms with Crippen molar-refractivity contribution in [3.63, 3.8) is 0 Å². The third kappa shape index (κ3) is 5.65. The van der Waals surface area contributed by atoms with Crippen LogP contribution < -0.4 is 16.4 Å². The molecule has 1 aliphatic rings. The molecule has 1 amide bonds. The molecule has 0 atom stereocenters. The fourth-order valence-corrected chi connectivity index (χ4v) is 2.94. The summed E-state index contributed by atoms with van der Waals surface area (Å²) in [5.74, 6) is -0.381. The zero-order valence-electron chi connectivity index (χ0n) is 13.6. The van der Waals surface area contributed by atoms with Crippen LogP contribution in [0, 0.1) is 10.1 Å². The van der Waals surface area contributed by atoms with E-state index in [0.29, 0.717) is 19.1 Å². The topological polar surface area (TPSA) is 110 Å². The summed E-state index contributed by atoms with van der Waals surface area (Å²) in [5.41, 5.74) is 5.52. The number of halogens is 1. The average molecular weight is 357 g/mol. The lowest BCUT2D eigenvalue weighted by Gasteiger charge is -2.16. The number of hydrogen-bond donors (Lipinski definition) is 3. The molecule has 0 spiro atoms. The molecule has 24 heavy (non-hydrogen) atoms. The van der Waals surface area contributed by atoms with Gasteiger partial charge in [-0.3, -0.25) is 14.9 Å². The van der Waals surface area contributed by atoms with Gasteiger partial charge in [0.15, 0.2) is 0 Å². The van der Waals surface area contributed by atoms with Gasteiger partial charge in [0.2, 0.25) is 0 Å². The molecule has 4 N–H and O–H groups in total. The Bertz CT molecular complexity index is 560. The number of nitrogens with zero attached hydrogens (tertiary/aromatic N) is 1. The first kappa shape index (κ1) is 20.2. The van der Waals surface area contributed by atoms with E-state index in [4.69, 9.17) is 5.73 Å². The highest BCUT2D eigenvalue weighted by Gasteiger charge is 2.18. The van der Waals surface area contributed by atoms with Crippen molar-refractivity contribution >= 4 is 29.7 Å². The number of carbonyl (C=O) groups is 1. The molecule has 1 aliphatic carbocycles. The molecule has 0 radical (unpaired) electrons. The summed E-state index contributed by atoms with van der Waals surface area (Å²) in [5, 5.41) is 17.1. The monoisotopic (exact) mass is 356 g/mol. The van der Waals surface area contributed by atoms with Crippen LogP contribution in [-0.2, 0) is 0 Å². The van der Waals surface area contributed by atoms with Gasteiger partial charge in [-0.15, -0.1) is 12.4 Å².